The van der Waals surface area contributed by atoms with Gasteiger partial charge in [0.1, 0.15) is 11.0 Å². The Morgan fingerprint density at radius 1 is 0.694 bits per heavy atom. The average Bonchev–Trinajstić information content (AvgIpc) is 2.83. The molecule has 0 unspecified atom stereocenters. The van der Waals surface area contributed by atoms with Gasteiger partial charge in [-0.25, -0.2) is 9.97 Å². The van der Waals surface area contributed by atoms with E-state index in [-0.39, 0.29) is 66.5 Å². The van der Waals surface area contributed by atoms with E-state index in [0.29, 0.717) is 11.4 Å². The highest BCUT2D eigenvalue weighted by atomic mass is 35.5. The summed E-state index contributed by atoms with van der Waals surface area (Å²) in [5.74, 6) is -0.656. The predicted octanol–water partition coefficient (Wildman–Crippen LogP) is 4.62. The zero-order valence-electron chi connectivity index (χ0n) is 17.9. The Morgan fingerprint density at radius 2 is 1.11 bits per heavy atom. The highest BCUT2D eigenvalue weighted by Gasteiger charge is 2.17. The Labute approximate surface area is 221 Å². The van der Waals surface area contributed by atoms with E-state index in [0.717, 1.165) is 0 Å². The van der Waals surface area contributed by atoms with Gasteiger partial charge in [-0.05, 0) is 24.3 Å². The number of rotatable bonds is 4. The third kappa shape index (κ3) is 4.14. The number of hydrogen-bond acceptors (Lipinski definition) is 7. The molecule has 0 atom stereocenters. The van der Waals surface area contributed by atoms with Crippen LogP contribution in [0.15, 0.2) is 52.6 Å². The van der Waals surface area contributed by atoms with Gasteiger partial charge in [0, 0.05) is 0 Å². The van der Waals surface area contributed by atoms with Gasteiger partial charge in [0.15, 0.2) is 11.5 Å². The zero-order chi connectivity index (χ0) is 25.7. The first kappa shape index (κ1) is 24.3. The van der Waals surface area contributed by atoms with Gasteiger partial charge in [0.05, 0.1) is 68.0 Å². The van der Waals surface area contributed by atoms with Crippen molar-refractivity contribution < 1.29 is 10.2 Å². The van der Waals surface area contributed by atoms with Gasteiger partial charge in [-0.15, -0.1) is 0 Å². The predicted molar refractivity (Wildman–Crippen MR) is 138 cm³/mol. The molecule has 0 aliphatic rings. The molecule has 5 aromatic rings. The van der Waals surface area contributed by atoms with Crippen LogP contribution in [0.4, 0.5) is 0 Å². The lowest BCUT2D eigenvalue weighted by Gasteiger charge is -2.11. The van der Waals surface area contributed by atoms with Crippen LogP contribution >= 0.6 is 46.4 Å². The second kappa shape index (κ2) is 9.25. The zero-order valence-corrected chi connectivity index (χ0v) is 20.9. The molecule has 13 heteroatoms. The summed E-state index contributed by atoms with van der Waals surface area (Å²) in [6.07, 6.45) is 2.53. The number of phenols is 2. The minimum absolute atomic E-state index is 0.00428. The molecule has 3 heterocycles. The number of nitrogens with zero attached hydrogens (tertiary/aromatic N) is 5. The number of phenolic OH excluding ortho intramolecular Hbond substituents is 2. The summed E-state index contributed by atoms with van der Waals surface area (Å²) in [5, 5.41) is 20.4. The summed E-state index contributed by atoms with van der Waals surface area (Å²) in [5.41, 5.74) is 0.0670. The van der Waals surface area contributed by atoms with E-state index < -0.39 is 11.1 Å². The van der Waals surface area contributed by atoms with Crippen LogP contribution in [-0.4, -0.2) is 34.3 Å². The number of halogens is 4. The van der Waals surface area contributed by atoms with E-state index >= 15 is 0 Å². The second-order valence-corrected chi connectivity index (χ2v) is 9.43. The lowest BCUT2D eigenvalue weighted by molar-refractivity contribution is 0.479. The molecule has 0 aliphatic carbocycles. The second-order valence-electron chi connectivity index (χ2n) is 7.80. The number of aromatic hydroxyl groups is 2. The van der Waals surface area contributed by atoms with Crippen molar-refractivity contribution in [3.63, 3.8) is 0 Å². The van der Waals surface area contributed by atoms with Crippen molar-refractivity contribution in [1.82, 2.24) is 24.1 Å². The van der Waals surface area contributed by atoms with Crippen LogP contribution in [-0.2, 0) is 13.1 Å². The fourth-order valence-electron chi connectivity index (χ4n) is 3.78. The topological polar surface area (TPSA) is 123 Å². The van der Waals surface area contributed by atoms with Crippen LogP contribution in [0.25, 0.3) is 21.8 Å². The fraction of sp³-hybridized carbons (Fsp3) is 0.0870. The van der Waals surface area contributed by atoms with Crippen LogP contribution in [0, 0.1) is 0 Å². The average molecular weight is 565 g/mol. The summed E-state index contributed by atoms with van der Waals surface area (Å²) in [7, 11) is 0. The van der Waals surface area contributed by atoms with Gasteiger partial charge in [0.25, 0.3) is 11.1 Å². The normalized spacial score (nSPS) is 11.4. The quantitative estimate of drug-likeness (QED) is 0.326. The SMILES string of the molecule is O=c1c2c(Cl)cc(Cl)c(O)c2ncn1Cc1cccc(Cn2cnc3c(O)c(Cl)cc(Cl)c3c2=O)n1. The Morgan fingerprint density at radius 3 is 1.53 bits per heavy atom. The van der Waals surface area contributed by atoms with Crippen LogP contribution in [0.1, 0.15) is 11.4 Å². The Kier molecular flexibility index (Phi) is 6.25. The number of pyridine rings is 1. The molecule has 36 heavy (non-hydrogen) atoms. The molecule has 0 aliphatic heterocycles. The lowest BCUT2D eigenvalue weighted by Crippen LogP contribution is -2.23. The third-order valence-corrected chi connectivity index (χ3v) is 6.66. The Hall–Kier alpha value is -3.37. The van der Waals surface area contributed by atoms with E-state index in [4.69, 9.17) is 46.4 Å². The summed E-state index contributed by atoms with van der Waals surface area (Å²) >= 11 is 24.2. The van der Waals surface area contributed by atoms with Crippen molar-refractivity contribution in [2.75, 3.05) is 0 Å². The van der Waals surface area contributed by atoms with Crippen molar-refractivity contribution in [1.29, 1.82) is 0 Å². The van der Waals surface area contributed by atoms with Crippen LogP contribution in [0.2, 0.25) is 20.1 Å². The molecular formula is C23H13Cl4N5O4. The molecule has 5 rings (SSSR count). The van der Waals surface area contributed by atoms with E-state index in [1.807, 2.05) is 0 Å². The molecule has 0 fully saturated rings. The minimum Gasteiger partial charge on any atom is -0.504 e. The van der Waals surface area contributed by atoms with Gasteiger partial charge in [-0.1, -0.05) is 52.5 Å². The van der Waals surface area contributed by atoms with Crippen molar-refractivity contribution in [3.8, 4) is 11.5 Å². The summed E-state index contributed by atoms with van der Waals surface area (Å²) in [4.78, 5) is 38.8. The maximum Gasteiger partial charge on any atom is 0.263 e. The molecule has 0 spiro atoms. The molecule has 0 saturated heterocycles. The number of fused-ring (bicyclic) bond motifs is 2. The van der Waals surface area contributed by atoms with E-state index in [9.17, 15) is 19.8 Å². The van der Waals surface area contributed by atoms with Crippen molar-refractivity contribution in [3.05, 3.63) is 95.2 Å². The molecule has 0 amide bonds. The summed E-state index contributed by atoms with van der Waals surface area (Å²) in [6, 6.07) is 7.71. The summed E-state index contributed by atoms with van der Waals surface area (Å²) in [6.45, 7) is 0.108. The van der Waals surface area contributed by atoms with Gasteiger partial charge in [-0.2, -0.15) is 0 Å². The van der Waals surface area contributed by atoms with E-state index in [1.54, 1.807) is 18.2 Å². The van der Waals surface area contributed by atoms with Crippen molar-refractivity contribution in [2.24, 2.45) is 0 Å². The standard InChI is InChI=1S/C23H13Cl4N5O4/c24-12-4-14(26)20(33)18-16(12)22(35)31(8-28-18)6-10-2-1-3-11(30-10)7-32-9-29-19-17(23(32)36)13(25)5-15(27)21(19)34/h1-5,8-9,33-34H,6-7H2. The number of hydrogen-bond donors (Lipinski definition) is 2. The maximum absolute atomic E-state index is 13.0. The molecule has 0 radical (unpaired) electrons. The van der Waals surface area contributed by atoms with E-state index in [2.05, 4.69) is 15.0 Å². The first-order valence-electron chi connectivity index (χ1n) is 10.2. The molecule has 9 nitrogen and oxygen atoms in total. The van der Waals surface area contributed by atoms with Gasteiger partial charge in [0.2, 0.25) is 0 Å². The van der Waals surface area contributed by atoms with Crippen LogP contribution in [0.3, 0.4) is 0 Å². The van der Waals surface area contributed by atoms with Crippen molar-refractivity contribution >= 4 is 68.2 Å². The smallest absolute Gasteiger partial charge is 0.263 e. The van der Waals surface area contributed by atoms with Gasteiger partial charge in [-0.3, -0.25) is 23.7 Å². The fourth-order valence-corrected chi connectivity index (χ4v) is 4.85. The Bertz CT molecular complexity index is 1690. The third-order valence-electron chi connectivity index (χ3n) is 5.49. The monoisotopic (exact) mass is 563 g/mol. The highest BCUT2D eigenvalue weighted by molar-refractivity contribution is 6.40. The molecule has 3 aromatic heterocycles. The summed E-state index contributed by atoms with van der Waals surface area (Å²) < 4.78 is 2.59. The van der Waals surface area contributed by atoms with Gasteiger partial charge < -0.3 is 10.2 Å². The lowest BCUT2D eigenvalue weighted by atomic mass is 10.2. The maximum atomic E-state index is 13.0. The van der Waals surface area contributed by atoms with Crippen molar-refractivity contribution in [2.45, 2.75) is 13.1 Å². The highest BCUT2D eigenvalue weighted by Crippen LogP contribution is 2.35. The van der Waals surface area contributed by atoms with Crippen LogP contribution < -0.4 is 11.1 Å². The first-order chi connectivity index (χ1) is 17.2. The molecule has 2 aromatic carbocycles. The first-order valence-corrected chi connectivity index (χ1v) is 11.7. The van der Waals surface area contributed by atoms with E-state index in [1.165, 1.54) is 33.9 Å². The molecule has 2 N–H and O–H groups in total. The van der Waals surface area contributed by atoms with Gasteiger partial charge >= 0.3 is 0 Å². The Balaban J connectivity index is 1.49. The number of benzene rings is 2. The molecule has 182 valence electrons. The van der Waals surface area contributed by atoms with Crippen LogP contribution in [0.5, 0.6) is 11.5 Å². The molecule has 0 saturated carbocycles. The molecule has 0 bridgehead atoms. The number of aromatic nitrogens is 5. The largest absolute Gasteiger partial charge is 0.504 e. The molecular weight excluding hydrogens is 552 g/mol. The minimum atomic E-state index is -0.479.